The minimum atomic E-state index is -0.947. The lowest BCUT2D eigenvalue weighted by atomic mass is 10.2. The molecule has 6 nitrogen and oxygen atoms in total. The Morgan fingerprint density at radius 3 is 2.75 bits per heavy atom. The molecular formula is C12H7ClFNO5. The molecule has 0 radical (unpaired) electrons. The third kappa shape index (κ3) is 2.94. The average molecular weight is 300 g/mol. The smallest absolute Gasteiger partial charge is 0.433 e. The Morgan fingerprint density at radius 1 is 1.40 bits per heavy atom. The number of nitro groups is 1. The lowest BCUT2D eigenvalue weighted by Crippen LogP contribution is -2.05. The van der Waals surface area contributed by atoms with E-state index in [0.29, 0.717) is 0 Å². The monoisotopic (exact) mass is 299 g/mol. The number of esters is 1. The van der Waals surface area contributed by atoms with E-state index in [1.54, 1.807) is 0 Å². The van der Waals surface area contributed by atoms with Crippen LogP contribution < -0.4 is 0 Å². The molecule has 2 rings (SSSR count). The largest absolute Gasteiger partial charge is 0.455 e. The quantitative estimate of drug-likeness (QED) is 0.491. The zero-order valence-electron chi connectivity index (χ0n) is 9.84. The van der Waals surface area contributed by atoms with Crippen LogP contribution in [0.15, 0.2) is 34.7 Å². The molecule has 0 spiro atoms. The van der Waals surface area contributed by atoms with Crippen molar-refractivity contribution in [1.29, 1.82) is 0 Å². The first kappa shape index (κ1) is 14.0. The predicted molar refractivity (Wildman–Crippen MR) is 65.9 cm³/mol. The lowest BCUT2D eigenvalue weighted by molar-refractivity contribution is -0.402. The van der Waals surface area contributed by atoms with Crippen LogP contribution >= 0.6 is 11.6 Å². The Morgan fingerprint density at radius 2 is 2.15 bits per heavy atom. The number of ether oxygens (including phenoxy) is 1. The van der Waals surface area contributed by atoms with Gasteiger partial charge in [-0.05, 0) is 18.2 Å². The summed E-state index contributed by atoms with van der Waals surface area (Å²) in [5.74, 6) is -2.49. The van der Waals surface area contributed by atoms with Crippen molar-refractivity contribution >= 4 is 23.5 Å². The number of nitrogens with zero attached hydrogens (tertiary/aromatic N) is 1. The van der Waals surface area contributed by atoms with E-state index in [2.05, 4.69) is 4.42 Å². The second-order valence-corrected chi connectivity index (χ2v) is 4.08. The highest BCUT2D eigenvalue weighted by Crippen LogP contribution is 2.21. The lowest BCUT2D eigenvalue weighted by Gasteiger charge is -2.06. The average Bonchev–Trinajstić information content (AvgIpc) is 2.87. The molecule has 2 aromatic rings. The molecule has 0 aliphatic rings. The van der Waals surface area contributed by atoms with Crippen molar-refractivity contribution in [2.24, 2.45) is 0 Å². The molecule has 104 valence electrons. The van der Waals surface area contributed by atoms with E-state index in [4.69, 9.17) is 16.3 Å². The number of hydrogen-bond acceptors (Lipinski definition) is 5. The maximum atomic E-state index is 13.4. The van der Waals surface area contributed by atoms with Crippen LogP contribution in [-0.4, -0.2) is 10.9 Å². The van der Waals surface area contributed by atoms with Gasteiger partial charge in [-0.15, -0.1) is 0 Å². The van der Waals surface area contributed by atoms with Gasteiger partial charge in [0.25, 0.3) is 0 Å². The Labute approximate surface area is 116 Å². The summed E-state index contributed by atoms with van der Waals surface area (Å²) in [5.41, 5.74) is 0.0172. The van der Waals surface area contributed by atoms with Gasteiger partial charge in [0.05, 0.1) is 11.1 Å². The number of carbonyl (C=O) groups is 1. The maximum Gasteiger partial charge on any atom is 0.433 e. The van der Waals surface area contributed by atoms with Crippen molar-refractivity contribution in [3.05, 3.63) is 62.6 Å². The summed E-state index contributed by atoms with van der Waals surface area (Å²) in [5, 5.41) is 10.5. The molecule has 0 saturated carbocycles. The molecule has 20 heavy (non-hydrogen) atoms. The number of benzene rings is 1. The number of carbonyl (C=O) groups excluding carboxylic acids is 1. The number of rotatable bonds is 4. The fourth-order valence-electron chi connectivity index (χ4n) is 1.41. The van der Waals surface area contributed by atoms with E-state index < -0.39 is 29.2 Å². The Bertz CT molecular complexity index is 649. The molecule has 1 aromatic carbocycles. The van der Waals surface area contributed by atoms with E-state index in [9.17, 15) is 19.3 Å². The second-order valence-electron chi connectivity index (χ2n) is 3.67. The van der Waals surface area contributed by atoms with Crippen LogP contribution in [0, 0.1) is 15.9 Å². The van der Waals surface area contributed by atoms with Crippen molar-refractivity contribution in [2.45, 2.75) is 6.61 Å². The van der Waals surface area contributed by atoms with Gasteiger partial charge in [-0.25, -0.2) is 9.18 Å². The summed E-state index contributed by atoms with van der Waals surface area (Å²) in [6.45, 7) is -0.404. The van der Waals surface area contributed by atoms with Crippen molar-refractivity contribution in [2.75, 3.05) is 0 Å². The van der Waals surface area contributed by atoms with Gasteiger partial charge in [0.1, 0.15) is 17.3 Å². The molecule has 8 heteroatoms. The van der Waals surface area contributed by atoms with Crippen molar-refractivity contribution in [3.8, 4) is 0 Å². The fraction of sp³-hybridized carbons (Fsp3) is 0.0833. The normalized spacial score (nSPS) is 10.3. The molecule has 0 bridgehead atoms. The molecule has 1 heterocycles. The Kier molecular flexibility index (Phi) is 3.99. The van der Waals surface area contributed by atoms with E-state index in [0.717, 1.165) is 12.1 Å². The molecule has 0 unspecified atom stereocenters. The Balaban J connectivity index is 2.07. The standard InChI is InChI=1S/C12H7ClFNO5/c13-8-2-1-3-9(14)7(8)6-19-12(16)10-4-5-11(20-10)15(17)18/h1-5H,6H2. The van der Waals surface area contributed by atoms with Gasteiger partial charge in [0.2, 0.25) is 5.76 Å². The zero-order valence-corrected chi connectivity index (χ0v) is 10.6. The van der Waals surface area contributed by atoms with Crippen LogP contribution in [0.4, 0.5) is 10.3 Å². The summed E-state index contributed by atoms with van der Waals surface area (Å²) in [6, 6.07) is 6.16. The van der Waals surface area contributed by atoms with Gasteiger partial charge in [-0.3, -0.25) is 10.1 Å². The van der Waals surface area contributed by atoms with Gasteiger partial charge in [0, 0.05) is 5.56 Å². The van der Waals surface area contributed by atoms with E-state index >= 15 is 0 Å². The van der Waals surface area contributed by atoms with E-state index in [-0.39, 0.29) is 16.3 Å². The number of halogens is 2. The van der Waals surface area contributed by atoms with Gasteiger partial charge >= 0.3 is 11.9 Å². The molecule has 0 aliphatic carbocycles. The number of hydrogen-bond donors (Lipinski definition) is 0. The first-order valence-electron chi connectivity index (χ1n) is 5.33. The topological polar surface area (TPSA) is 82.6 Å². The summed E-state index contributed by atoms with van der Waals surface area (Å²) in [6.07, 6.45) is 0. The van der Waals surface area contributed by atoms with E-state index in [1.807, 2.05) is 0 Å². The van der Waals surface area contributed by atoms with Crippen LogP contribution in [0.2, 0.25) is 5.02 Å². The van der Waals surface area contributed by atoms with Gasteiger partial charge in [0.15, 0.2) is 0 Å². The zero-order chi connectivity index (χ0) is 14.7. The fourth-order valence-corrected chi connectivity index (χ4v) is 1.63. The van der Waals surface area contributed by atoms with Crippen molar-refractivity contribution in [1.82, 2.24) is 0 Å². The van der Waals surface area contributed by atoms with Crippen LogP contribution in [0.3, 0.4) is 0 Å². The van der Waals surface area contributed by atoms with Gasteiger partial charge in [-0.1, -0.05) is 17.7 Å². The summed E-state index contributed by atoms with van der Waals surface area (Å²) >= 11 is 5.76. The molecule has 1 aromatic heterocycles. The van der Waals surface area contributed by atoms with Crippen LogP contribution in [0.5, 0.6) is 0 Å². The number of furan rings is 1. The molecule has 0 atom stereocenters. The first-order chi connectivity index (χ1) is 9.49. The van der Waals surface area contributed by atoms with Gasteiger partial charge in [-0.2, -0.15) is 0 Å². The second kappa shape index (κ2) is 5.70. The van der Waals surface area contributed by atoms with Crippen LogP contribution in [0.25, 0.3) is 0 Å². The predicted octanol–water partition coefficient (Wildman–Crippen LogP) is 3.34. The van der Waals surface area contributed by atoms with Crippen molar-refractivity contribution in [3.63, 3.8) is 0 Å². The van der Waals surface area contributed by atoms with Crippen LogP contribution in [-0.2, 0) is 11.3 Å². The minimum absolute atomic E-state index is 0.0172. The third-order valence-corrected chi connectivity index (χ3v) is 2.74. The third-order valence-electron chi connectivity index (χ3n) is 2.38. The minimum Gasteiger partial charge on any atom is -0.455 e. The summed E-state index contributed by atoms with van der Waals surface area (Å²) in [7, 11) is 0. The first-order valence-corrected chi connectivity index (χ1v) is 5.71. The highest BCUT2D eigenvalue weighted by atomic mass is 35.5. The summed E-state index contributed by atoms with van der Waals surface area (Å²) < 4.78 is 22.9. The molecular weight excluding hydrogens is 293 g/mol. The molecule has 0 amide bonds. The van der Waals surface area contributed by atoms with Gasteiger partial charge < -0.3 is 9.15 Å². The van der Waals surface area contributed by atoms with E-state index in [1.165, 1.54) is 18.2 Å². The molecule has 0 fully saturated rings. The summed E-state index contributed by atoms with van der Waals surface area (Å²) in [4.78, 5) is 21.2. The Hall–Kier alpha value is -2.41. The maximum absolute atomic E-state index is 13.4. The molecule has 0 aliphatic heterocycles. The SMILES string of the molecule is O=C(OCc1c(F)cccc1Cl)c1ccc([N+](=O)[O-])o1. The van der Waals surface area contributed by atoms with Crippen molar-refractivity contribution < 1.29 is 23.3 Å². The van der Waals surface area contributed by atoms with Crippen LogP contribution in [0.1, 0.15) is 16.1 Å². The highest BCUT2D eigenvalue weighted by molar-refractivity contribution is 6.31. The molecule has 0 saturated heterocycles. The molecule has 0 N–H and O–H groups in total. The highest BCUT2D eigenvalue weighted by Gasteiger charge is 2.19.